The number of nitrogens with two attached hydrogens (primary N) is 1. The first kappa shape index (κ1) is 11.3. The fraction of sp³-hybridized carbons (Fsp3) is 0.222. The average molecular weight is 294 g/mol. The SMILES string of the molecule is Nc1cc(Br)c2nn(CC(F)(F)F)cc2c1. The number of benzene rings is 1. The quantitative estimate of drug-likeness (QED) is 0.822. The van der Waals surface area contributed by atoms with Crippen LogP contribution in [0.25, 0.3) is 10.9 Å². The molecular weight excluding hydrogens is 287 g/mol. The van der Waals surface area contributed by atoms with Crippen LogP contribution in [0.15, 0.2) is 22.8 Å². The molecule has 16 heavy (non-hydrogen) atoms. The first-order valence-electron chi connectivity index (χ1n) is 4.34. The summed E-state index contributed by atoms with van der Waals surface area (Å²) in [7, 11) is 0. The number of halogens is 4. The number of nitrogen functional groups attached to an aromatic ring is 1. The highest BCUT2D eigenvalue weighted by molar-refractivity contribution is 9.10. The summed E-state index contributed by atoms with van der Waals surface area (Å²) >= 11 is 3.20. The predicted molar refractivity (Wildman–Crippen MR) is 57.9 cm³/mol. The summed E-state index contributed by atoms with van der Waals surface area (Å²) in [5.74, 6) is 0. The minimum atomic E-state index is -4.28. The van der Waals surface area contributed by atoms with Crippen molar-refractivity contribution >= 4 is 32.5 Å². The Bertz CT molecular complexity index is 533. The van der Waals surface area contributed by atoms with Gasteiger partial charge in [-0.2, -0.15) is 18.3 Å². The largest absolute Gasteiger partial charge is 0.408 e. The Morgan fingerprint density at radius 2 is 2.06 bits per heavy atom. The van der Waals surface area contributed by atoms with Crippen LogP contribution in [0.1, 0.15) is 0 Å². The van der Waals surface area contributed by atoms with Crippen molar-refractivity contribution in [3.63, 3.8) is 0 Å². The molecule has 0 atom stereocenters. The van der Waals surface area contributed by atoms with Crippen LogP contribution < -0.4 is 5.73 Å². The number of alkyl halides is 3. The summed E-state index contributed by atoms with van der Waals surface area (Å²) in [4.78, 5) is 0. The number of anilines is 1. The molecule has 0 aliphatic carbocycles. The third kappa shape index (κ3) is 2.29. The molecular formula is C9H7BrF3N3. The molecule has 0 aliphatic rings. The summed E-state index contributed by atoms with van der Waals surface area (Å²) < 4.78 is 37.9. The molecule has 86 valence electrons. The molecule has 0 unspecified atom stereocenters. The van der Waals surface area contributed by atoms with Gasteiger partial charge in [-0.1, -0.05) is 0 Å². The molecule has 0 spiro atoms. The highest BCUT2D eigenvalue weighted by atomic mass is 79.9. The van der Waals surface area contributed by atoms with Crippen LogP contribution in [0.2, 0.25) is 0 Å². The third-order valence-corrected chi connectivity index (χ3v) is 2.58. The molecule has 2 aromatic rings. The highest BCUT2D eigenvalue weighted by Gasteiger charge is 2.28. The Balaban J connectivity index is 2.48. The van der Waals surface area contributed by atoms with Crippen molar-refractivity contribution < 1.29 is 13.2 Å². The van der Waals surface area contributed by atoms with Crippen molar-refractivity contribution in [2.75, 3.05) is 5.73 Å². The van der Waals surface area contributed by atoms with Crippen molar-refractivity contribution in [2.45, 2.75) is 12.7 Å². The second-order valence-corrected chi connectivity index (χ2v) is 4.24. The summed E-state index contributed by atoms with van der Waals surface area (Å²) in [5.41, 5.74) is 6.52. The first-order valence-corrected chi connectivity index (χ1v) is 5.13. The van der Waals surface area contributed by atoms with Gasteiger partial charge in [0.1, 0.15) is 12.1 Å². The summed E-state index contributed by atoms with van der Waals surface area (Å²) in [5, 5.41) is 4.41. The number of aromatic nitrogens is 2. The van der Waals surface area contributed by atoms with Gasteiger partial charge in [-0.25, -0.2) is 0 Å². The van der Waals surface area contributed by atoms with Crippen molar-refractivity contribution in [2.24, 2.45) is 0 Å². The van der Waals surface area contributed by atoms with E-state index in [4.69, 9.17) is 5.73 Å². The van der Waals surface area contributed by atoms with E-state index in [1.807, 2.05) is 0 Å². The molecule has 7 heteroatoms. The van der Waals surface area contributed by atoms with Crippen LogP contribution >= 0.6 is 15.9 Å². The van der Waals surface area contributed by atoms with Crippen LogP contribution in [-0.4, -0.2) is 16.0 Å². The van der Waals surface area contributed by atoms with Gasteiger partial charge in [0.2, 0.25) is 0 Å². The summed E-state index contributed by atoms with van der Waals surface area (Å²) in [6.45, 7) is -1.10. The van der Waals surface area contributed by atoms with Crippen LogP contribution in [0, 0.1) is 0 Å². The maximum atomic E-state index is 12.2. The van der Waals surface area contributed by atoms with E-state index in [-0.39, 0.29) is 0 Å². The normalized spacial score (nSPS) is 12.2. The Morgan fingerprint density at radius 1 is 1.38 bits per heavy atom. The van der Waals surface area contributed by atoms with Crippen molar-refractivity contribution in [1.29, 1.82) is 0 Å². The zero-order valence-electron chi connectivity index (χ0n) is 7.92. The zero-order valence-corrected chi connectivity index (χ0v) is 9.51. The topological polar surface area (TPSA) is 43.8 Å². The minimum absolute atomic E-state index is 0.471. The van der Waals surface area contributed by atoms with Gasteiger partial charge in [0, 0.05) is 21.7 Å². The van der Waals surface area contributed by atoms with Crippen molar-refractivity contribution in [3.05, 3.63) is 22.8 Å². The van der Waals surface area contributed by atoms with E-state index in [0.29, 0.717) is 21.1 Å². The molecule has 1 aromatic carbocycles. The second-order valence-electron chi connectivity index (χ2n) is 3.38. The van der Waals surface area contributed by atoms with Crippen LogP contribution in [0.5, 0.6) is 0 Å². The standard InChI is InChI=1S/C9H7BrF3N3/c10-7-2-6(14)1-5-3-16(15-8(5)7)4-9(11,12)13/h1-3H,4,14H2. The fourth-order valence-corrected chi connectivity index (χ4v) is 2.00. The van der Waals surface area contributed by atoms with E-state index in [1.165, 1.54) is 6.20 Å². The van der Waals surface area contributed by atoms with Crippen LogP contribution in [0.3, 0.4) is 0 Å². The number of nitrogens with zero attached hydrogens (tertiary/aromatic N) is 2. The van der Waals surface area contributed by atoms with Gasteiger partial charge in [-0.15, -0.1) is 0 Å². The number of hydrogen-bond donors (Lipinski definition) is 1. The van der Waals surface area contributed by atoms with E-state index in [0.717, 1.165) is 4.68 Å². The van der Waals surface area contributed by atoms with E-state index in [2.05, 4.69) is 21.0 Å². The Kier molecular flexibility index (Phi) is 2.57. The van der Waals surface area contributed by atoms with Gasteiger partial charge in [0.15, 0.2) is 0 Å². The number of rotatable bonds is 1. The molecule has 0 aliphatic heterocycles. The van der Waals surface area contributed by atoms with Gasteiger partial charge in [-0.05, 0) is 28.1 Å². The Morgan fingerprint density at radius 3 is 2.69 bits per heavy atom. The number of fused-ring (bicyclic) bond motifs is 1. The monoisotopic (exact) mass is 293 g/mol. The molecule has 0 fully saturated rings. The second kappa shape index (κ2) is 3.65. The minimum Gasteiger partial charge on any atom is -0.399 e. The molecule has 0 bridgehead atoms. The van der Waals surface area contributed by atoms with E-state index in [1.54, 1.807) is 12.1 Å². The molecule has 1 aromatic heterocycles. The Hall–Kier alpha value is -1.24. The van der Waals surface area contributed by atoms with Crippen LogP contribution in [-0.2, 0) is 6.54 Å². The molecule has 2 rings (SSSR count). The first-order chi connectivity index (χ1) is 7.35. The van der Waals surface area contributed by atoms with E-state index >= 15 is 0 Å². The maximum Gasteiger partial charge on any atom is 0.408 e. The van der Waals surface area contributed by atoms with Gasteiger partial charge < -0.3 is 5.73 Å². The molecule has 0 radical (unpaired) electrons. The lowest BCUT2D eigenvalue weighted by Gasteiger charge is -2.04. The smallest absolute Gasteiger partial charge is 0.399 e. The maximum absolute atomic E-state index is 12.2. The van der Waals surface area contributed by atoms with Gasteiger partial charge in [-0.3, -0.25) is 4.68 Å². The van der Waals surface area contributed by atoms with Gasteiger partial charge in [0.05, 0.1) is 0 Å². The lowest BCUT2D eigenvalue weighted by atomic mass is 10.2. The zero-order chi connectivity index (χ0) is 11.9. The lowest BCUT2D eigenvalue weighted by molar-refractivity contribution is -0.142. The summed E-state index contributed by atoms with van der Waals surface area (Å²) in [6, 6.07) is 3.19. The fourth-order valence-electron chi connectivity index (χ4n) is 1.43. The average Bonchev–Trinajstić information content (AvgIpc) is 2.43. The molecule has 0 saturated heterocycles. The lowest BCUT2D eigenvalue weighted by Crippen LogP contribution is -2.17. The highest BCUT2D eigenvalue weighted by Crippen LogP contribution is 2.27. The summed E-state index contributed by atoms with van der Waals surface area (Å²) in [6.07, 6.45) is -2.95. The molecule has 2 N–H and O–H groups in total. The van der Waals surface area contributed by atoms with Crippen molar-refractivity contribution in [1.82, 2.24) is 9.78 Å². The molecule has 0 saturated carbocycles. The number of hydrogen-bond acceptors (Lipinski definition) is 2. The predicted octanol–water partition coefficient (Wildman–Crippen LogP) is 2.94. The van der Waals surface area contributed by atoms with Crippen molar-refractivity contribution in [3.8, 4) is 0 Å². The molecule has 1 heterocycles. The van der Waals surface area contributed by atoms with E-state index in [9.17, 15) is 13.2 Å². The molecule has 3 nitrogen and oxygen atoms in total. The van der Waals surface area contributed by atoms with Gasteiger partial charge >= 0.3 is 6.18 Å². The Labute approximate surface area is 97.2 Å². The van der Waals surface area contributed by atoms with Gasteiger partial charge in [0.25, 0.3) is 0 Å². The van der Waals surface area contributed by atoms with Crippen LogP contribution in [0.4, 0.5) is 18.9 Å². The third-order valence-electron chi connectivity index (χ3n) is 1.97. The van der Waals surface area contributed by atoms with E-state index < -0.39 is 12.7 Å². The molecule has 0 amide bonds.